The highest BCUT2D eigenvalue weighted by Crippen LogP contribution is 2.19. The van der Waals surface area contributed by atoms with Gasteiger partial charge in [0, 0.05) is 13.1 Å². The van der Waals surface area contributed by atoms with Crippen molar-refractivity contribution < 1.29 is 9.53 Å². The topological polar surface area (TPSA) is 122 Å². The number of pyridine rings is 1. The maximum Gasteiger partial charge on any atom is 0.342 e. The minimum absolute atomic E-state index is 0.125. The van der Waals surface area contributed by atoms with Crippen LogP contribution in [0.1, 0.15) is 10.4 Å². The Labute approximate surface area is 96.2 Å². The number of nitrogens with zero attached hydrogens (tertiary/aromatic N) is 4. The lowest BCUT2D eigenvalue weighted by molar-refractivity contribution is 0.100. The standard InChI is InChI=1S/C9H10N6O2/c1-15-4-13-9(14-15)17-7-2-5(8(11)16)6(10)3-12-7/h2-4H,10H2,1H3,(H2,11,16). The Morgan fingerprint density at radius 3 is 2.82 bits per heavy atom. The van der Waals surface area contributed by atoms with Crippen LogP contribution in [0.2, 0.25) is 0 Å². The van der Waals surface area contributed by atoms with Gasteiger partial charge in [-0.2, -0.15) is 4.98 Å². The molecule has 0 bridgehead atoms. The molecule has 8 nitrogen and oxygen atoms in total. The minimum Gasteiger partial charge on any atom is -0.404 e. The minimum atomic E-state index is -0.649. The Kier molecular flexibility index (Phi) is 2.61. The van der Waals surface area contributed by atoms with Crippen LogP contribution in [-0.2, 0) is 7.05 Å². The van der Waals surface area contributed by atoms with Gasteiger partial charge in [-0.3, -0.25) is 9.48 Å². The van der Waals surface area contributed by atoms with Crippen LogP contribution in [0.3, 0.4) is 0 Å². The average Bonchev–Trinajstić information content (AvgIpc) is 2.66. The van der Waals surface area contributed by atoms with Crippen molar-refractivity contribution in [2.75, 3.05) is 5.73 Å². The van der Waals surface area contributed by atoms with Crippen LogP contribution in [0.25, 0.3) is 0 Å². The van der Waals surface area contributed by atoms with E-state index in [1.807, 2.05) is 0 Å². The van der Waals surface area contributed by atoms with E-state index in [0.717, 1.165) is 0 Å². The Balaban J connectivity index is 2.28. The number of hydrogen-bond donors (Lipinski definition) is 2. The molecule has 4 N–H and O–H groups in total. The normalized spacial score (nSPS) is 10.2. The van der Waals surface area contributed by atoms with Gasteiger partial charge in [-0.25, -0.2) is 4.98 Å². The molecule has 88 valence electrons. The molecule has 0 aliphatic carbocycles. The maximum atomic E-state index is 11.1. The summed E-state index contributed by atoms with van der Waals surface area (Å²) >= 11 is 0. The number of anilines is 1. The van der Waals surface area contributed by atoms with Crippen molar-refractivity contribution in [2.45, 2.75) is 0 Å². The molecule has 2 heterocycles. The van der Waals surface area contributed by atoms with Crippen molar-refractivity contribution >= 4 is 11.6 Å². The van der Waals surface area contributed by atoms with E-state index in [1.54, 1.807) is 7.05 Å². The number of aromatic nitrogens is 4. The van der Waals surface area contributed by atoms with Gasteiger partial charge in [0.1, 0.15) is 6.33 Å². The lowest BCUT2D eigenvalue weighted by Crippen LogP contribution is -2.14. The van der Waals surface area contributed by atoms with Gasteiger partial charge in [-0.15, -0.1) is 5.10 Å². The van der Waals surface area contributed by atoms with E-state index in [4.69, 9.17) is 16.2 Å². The Morgan fingerprint density at radius 1 is 1.47 bits per heavy atom. The zero-order valence-corrected chi connectivity index (χ0v) is 8.99. The molecule has 17 heavy (non-hydrogen) atoms. The second kappa shape index (κ2) is 4.08. The van der Waals surface area contributed by atoms with Crippen molar-refractivity contribution in [1.29, 1.82) is 0 Å². The first-order valence-corrected chi connectivity index (χ1v) is 4.65. The molecule has 0 fully saturated rings. The summed E-state index contributed by atoms with van der Waals surface area (Å²) in [5.41, 5.74) is 11.0. The van der Waals surface area contributed by atoms with E-state index in [0.29, 0.717) is 0 Å². The highest BCUT2D eigenvalue weighted by molar-refractivity contribution is 5.98. The lowest BCUT2D eigenvalue weighted by atomic mass is 10.2. The molecular formula is C9H10N6O2. The predicted molar refractivity (Wildman–Crippen MR) is 58.2 cm³/mol. The van der Waals surface area contributed by atoms with Gasteiger partial charge in [0.05, 0.1) is 17.4 Å². The second-order valence-corrected chi connectivity index (χ2v) is 3.28. The van der Waals surface area contributed by atoms with Crippen LogP contribution < -0.4 is 16.2 Å². The zero-order valence-electron chi connectivity index (χ0n) is 8.99. The molecule has 0 unspecified atom stereocenters. The molecule has 1 amide bonds. The van der Waals surface area contributed by atoms with Crippen LogP contribution >= 0.6 is 0 Å². The summed E-state index contributed by atoms with van der Waals surface area (Å²) in [6, 6.07) is 1.47. The molecule has 0 spiro atoms. The number of hydrogen-bond acceptors (Lipinski definition) is 6. The SMILES string of the molecule is Cn1cnc(Oc2cc(C(N)=O)c(N)cn2)n1. The van der Waals surface area contributed by atoms with Crippen LogP contribution in [0, 0.1) is 0 Å². The molecule has 0 saturated carbocycles. The van der Waals surface area contributed by atoms with Crippen molar-refractivity contribution in [3.63, 3.8) is 0 Å². The van der Waals surface area contributed by atoms with Gasteiger partial charge >= 0.3 is 6.01 Å². The summed E-state index contributed by atoms with van der Waals surface area (Å²) in [4.78, 5) is 18.8. The number of rotatable bonds is 3. The van der Waals surface area contributed by atoms with Crippen molar-refractivity contribution in [2.24, 2.45) is 12.8 Å². The summed E-state index contributed by atoms with van der Waals surface area (Å²) in [5.74, 6) is -0.497. The predicted octanol–water partition coefficient (Wildman–Crippen LogP) is -0.317. The quantitative estimate of drug-likeness (QED) is 0.750. The number of carbonyl (C=O) groups is 1. The highest BCUT2D eigenvalue weighted by atomic mass is 16.5. The van der Waals surface area contributed by atoms with Crippen LogP contribution in [0.4, 0.5) is 5.69 Å². The van der Waals surface area contributed by atoms with E-state index >= 15 is 0 Å². The molecule has 2 aromatic heterocycles. The van der Waals surface area contributed by atoms with E-state index in [9.17, 15) is 4.79 Å². The van der Waals surface area contributed by atoms with E-state index < -0.39 is 5.91 Å². The first-order valence-electron chi connectivity index (χ1n) is 4.65. The maximum absolute atomic E-state index is 11.1. The van der Waals surface area contributed by atoms with Crippen LogP contribution in [0.15, 0.2) is 18.6 Å². The van der Waals surface area contributed by atoms with Gasteiger partial charge in [-0.05, 0) is 0 Å². The lowest BCUT2D eigenvalue weighted by Gasteiger charge is -2.03. The number of primary amides is 1. The smallest absolute Gasteiger partial charge is 0.342 e. The van der Waals surface area contributed by atoms with Gasteiger partial charge in [0.25, 0.3) is 5.91 Å². The van der Waals surface area contributed by atoms with E-state index in [1.165, 1.54) is 23.3 Å². The average molecular weight is 234 g/mol. The number of amides is 1. The summed E-state index contributed by atoms with van der Waals surface area (Å²) in [5, 5.41) is 3.90. The Bertz CT molecular complexity index is 564. The molecule has 0 aliphatic heterocycles. The summed E-state index contributed by atoms with van der Waals surface area (Å²) in [6.45, 7) is 0. The first kappa shape index (κ1) is 10.9. The molecule has 8 heteroatoms. The van der Waals surface area contributed by atoms with E-state index in [2.05, 4.69) is 15.1 Å². The molecule has 2 aromatic rings. The zero-order chi connectivity index (χ0) is 12.4. The number of carbonyl (C=O) groups excluding carboxylic acids is 1. The Hall–Kier alpha value is -2.64. The molecule has 0 radical (unpaired) electrons. The molecule has 0 aliphatic rings. The fraction of sp³-hybridized carbons (Fsp3) is 0.111. The van der Waals surface area contributed by atoms with Gasteiger partial charge in [0.2, 0.25) is 5.88 Å². The second-order valence-electron chi connectivity index (χ2n) is 3.28. The van der Waals surface area contributed by atoms with Crippen molar-refractivity contribution in [3.05, 3.63) is 24.2 Å². The van der Waals surface area contributed by atoms with Crippen LogP contribution in [0.5, 0.6) is 11.9 Å². The summed E-state index contributed by atoms with van der Waals surface area (Å²) < 4.78 is 6.70. The van der Waals surface area contributed by atoms with Gasteiger partial charge < -0.3 is 16.2 Å². The monoisotopic (exact) mass is 234 g/mol. The first-order chi connectivity index (χ1) is 8.06. The largest absolute Gasteiger partial charge is 0.404 e. The summed E-state index contributed by atoms with van der Waals surface area (Å²) in [6.07, 6.45) is 2.76. The van der Waals surface area contributed by atoms with Gasteiger partial charge in [-0.1, -0.05) is 0 Å². The number of nitrogens with two attached hydrogens (primary N) is 2. The molecule has 0 saturated heterocycles. The fourth-order valence-corrected chi connectivity index (χ4v) is 1.18. The third-order valence-corrected chi connectivity index (χ3v) is 1.95. The Morgan fingerprint density at radius 2 is 2.24 bits per heavy atom. The molecule has 0 aromatic carbocycles. The fourth-order valence-electron chi connectivity index (χ4n) is 1.18. The van der Waals surface area contributed by atoms with Crippen molar-refractivity contribution in [1.82, 2.24) is 19.7 Å². The van der Waals surface area contributed by atoms with E-state index in [-0.39, 0.29) is 23.1 Å². The van der Waals surface area contributed by atoms with Crippen LogP contribution in [-0.4, -0.2) is 25.7 Å². The summed E-state index contributed by atoms with van der Waals surface area (Å²) in [7, 11) is 1.70. The molecule has 0 atom stereocenters. The van der Waals surface area contributed by atoms with Gasteiger partial charge in [0.15, 0.2) is 0 Å². The third kappa shape index (κ3) is 2.30. The highest BCUT2D eigenvalue weighted by Gasteiger charge is 2.10. The third-order valence-electron chi connectivity index (χ3n) is 1.95. The number of ether oxygens (including phenoxy) is 1. The van der Waals surface area contributed by atoms with Crippen molar-refractivity contribution in [3.8, 4) is 11.9 Å². The number of nitrogen functional groups attached to an aromatic ring is 1. The molecule has 2 rings (SSSR count). The number of aryl methyl sites for hydroxylation is 1. The molecular weight excluding hydrogens is 224 g/mol.